The van der Waals surface area contributed by atoms with Crippen LogP contribution in [-0.2, 0) is 6.42 Å². The smallest absolute Gasteiger partial charge is 0.0643 e. The fourth-order valence-corrected chi connectivity index (χ4v) is 2.34. The monoisotopic (exact) mass is 271 g/mol. The highest BCUT2D eigenvalue weighted by Gasteiger charge is 2.13. The number of benzene rings is 1. The third-order valence-corrected chi connectivity index (χ3v) is 3.54. The molecule has 1 N–H and O–H groups in total. The largest absolute Gasteiger partial charge is 0.310 e. The Labute approximate surface area is 122 Å². The molecule has 1 unspecified atom stereocenters. The van der Waals surface area contributed by atoms with Gasteiger partial charge in [-0.2, -0.15) is 5.10 Å². The van der Waals surface area contributed by atoms with Gasteiger partial charge in [0.25, 0.3) is 0 Å². The van der Waals surface area contributed by atoms with E-state index in [1.807, 2.05) is 4.68 Å². The SMILES string of the molecule is CCNC(Cc1ccn(C(C)C)n1)c1ccc(C)cc1. The van der Waals surface area contributed by atoms with Crippen molar-refractivity contribution in [3.8, 4) is 0 Å². The van der Waals surface area contributed by atoms with Gasteiger partial charge in [-0.15, -0.1) is 0 Å². The number of rotatable bonds is 6. The summed E-state index contributed by atoms with van der Waals surface area (Å²) in [6, 6.07) is 11.6. The molecular weight excluding hydrogens is 246 g/mol. The van der Waals surface area contributed by atoms with E-state index >= 15 is 0 Å². The van der Waals surface area contributed by atoms with Crippen LogP contribution in [0.4, 0.5) is 0 Å². The number of hydrogen-bond donors (Lipinski definition) is 1. The van der Waals surface area contributed by atoms with Crippen molar-refractivity contribution in [2.24, 2.45) is 0 Å². The first-order valence-electron chi connectivity index (χ1n) is 7.44. The van der Waals surface area contributed by atoms with Gasteiger partial charge in [0.1, 0.15) is 0 Å². The van der Waals surface area contributed by atoms with E-state index in [9.17, 15) is 0 Å². The van der Waals surface area contributed by atoms with Crippen molar-refractivity contribution in [3.63, 3.8) is 0 Å². The Kier molecular flexibility index (Phi) is 4.96. The van der Waals surface area contributed by atoms with E-state index in [1.54, 1.807) is 0 Å². The average Bonchev–Trinajstić information content (AvgIpc) is 2.88. The van der Waals surface area contributed by atoms with Gasteiger partial charge < -0.3 is 5.32 Å². The molecule has 0 aliphatic carbocycles. The van der Waals surface area contributed by atoms with Crippen LogP contribution in [0.1, 0.15) is 49.7 Å². The predicted octanol–water partition coefficient (Wildman–Crippen LogP) is 3.67. The molecule has 0 radical (unpaired) electrons. The first-order valence-corrected chi connectivity index (χ1v) is 7.44. The molecule has 0 saturated carbocycles. The molecule has 3 nitrogen and oxygen atoms in total. The maximum Gasteiger partial charge on any atom is 0.0643 e. The van der Waals surface area contributed by atoms with Gasteiger partial charge in [0.15, 0.2) is 0 Å². The number of likely N-dealkylation sites (N-methyl/N-ethyl adjacent to an activating group) is 1. The highest BCUT2D eigenvalue weighted by atomic mass is 15.3. The molecule has 108 valence electrons. The van der Waals surface area contributed by atoms with Crippen molar-refractivity contribution >= 4 is 0 Å². The molecule has 0 aliphatic heterocycles. The molecular formula is C17H25N3. The third-order valence-electron chi connectivity index (χ3n) is 3.54. The lowest BCUT2D eigenvalue weighted by molar-refractivity contribution is 0.506. The molecule has 1 heterocycles. The molecule has 0 saturated heterocycles. The van der Waals surface area contributed by atoms with Gasteiger partial charge in [-0.1, -0.05) is 36.8 Å². The molecule has 2 rings (SSSR count). The molecule has 0 fully saturated rings. The fourth-order valence-electron chi connectivity index (χ4n) is 2.34. The minimum absolute atomic E-state index is 0.330. The van der Waals surface area contributed by atoms with Crippen LogP contribution in [0.25, 0.3) is 0 Å². The Hall–Kier alpha value is -1.61. The van der Waals surface area contributed by atoms with E-state index in [4.69, 9.17) is 0 Å². The molecule has 3 heteroatoms. The lowest BCUT2D eigenvalue weighted by Crippen LogP contribution is -2.23. The number of aryl methyl sites for hydroxylation is 1. The number of nitrogens with zero attached hydrogens (tertiary/aromatic N) is 2. The molecule has 0 spiro atoms. The van der Waals surface area contributed by atoms with Gasteiger partial charge in [0.2, 0.25) is 0 Å². The van der Waals surface area contributed by atoms with Crippen molar-refractivity contribution in [2.75, 3.05) is 6.54 Å². The predicted molar refractivity (Wildman–Crippen MR) is 83.9 cm³/mol. The van der Waals surface area contributed by atoms with Gasteiger partial charge in [-0.05, 0) is 38.9 Å². The zero-order valence-electron chi connectivity index (χ0n) is 12.9. The van der Waals surface area contributed by atoms with Crippen molar-refractivity contribution in [1.29, 1.82) is 0 Å². The normalized spacial score (nSPS) is 12.8. The van der Waals surface area contributed by atoms with Crippen LogP contribution in [0.2, 0.25) is 0 Å². The Bertz CT molecular complexity index is 525. The molecule has 1 aromatic carbocycles. The summed E-state index contributed by atoms with van der Waals surface area (Å²) in [6.07, 6.45) is 2.99. The molecule has 0 bridgehead atoms. The molecule has 1 aromatic heterocycles. The Morgan fingerprint density at radius 1 is 1.15 bits per heavy atom. The first-order chi connectivity index (χ1) is 9.60. The topological polar surface area (TPSA) is 29.9 Å². The summed E-state index contributed by atoms with van der Waals surface area (Å²) in [7, 11) is 0. The maximum absolute atomic E-state index is 4.65. The quantitative estimate of drug-likeness (QED) is 0.869. The Balaban J connectivity index is 2.14. The standard InChI is InChI=1S/C17H25N3/c1-5-18-17(15-8-6-14(4)7-9-15)12-16-10-11-20(19-16)13(2)3/h6-11,13,17-18H,5,12H2,1-4H3. The summed E-state index contributed by atoms with van der Waals surface area (Å²) in [4.78, 5) is 0. The van der Waals surface area contributed by atoms with Gasteiger partial charge >= 0.3 is 0 Å². The summed E-state index contributed by atoms with van der Waals surface area (Å²) in [5, 5.41) is 8.21. The van der Waals surface area contributed by atoms with Gasteiger partial charge in [0.05, 0.1) is 5.69 Å². The van der Waals surface area contributed by atoms with E-state index in [2.05, 4.69) is 74.6 Å². The zero-order valence-corrected chi connectivity index (χ0v) is 12.9. The average molecular weight is 271 g/mol. The molecule has 0 aliphatic rings. The second-order valence-electron chi connectivity index (χ2n) is 5.61. The summed E-state index contributed by atoms with van der Waals surface area (Å²) in [5.41, 5.74) is 3.77. The first kappa shape index (κ1) is 14.8. The lowest BCUT2D eigenvalue weighted by Gasteiger charge is -2.17. The van der Waals surface area contributed by atoms with Crippen LogP contribution in [0.5, 0.6) is 0 Å². The van der Waals surface area contributed by atoms with Crippen LogP contribution in [0.3, 0.4) is 0 Å². The number of nitrogens with one attached hydrogen (secondary N) is 1. The maximum atomic E-state index is 4.65. The fraction of sp³-hybridized carbons (Fsp3) is 0.471. The van der Waals surface area contributed by atoms with E-state index in [0.29, 0.717) is 12.1 Å². The summed E-state index contributed by atoms with van der Waals surface area (Å²) in [5.74, 6) is 0. The minimum atomic E-state index is 0.330. The molecule has 2 aromatic rings. The number of aromatic nitrogens is 2. The van der Waals surface area contributed by atoms with Crippen molar-refractivity contribution in [1.82, 2.24) is 15.1 Å². The van der Waals surface area contributed by atoms with Crippen molar-refractivity contribution < 1.29 is 0 Å². The summed E-state index contributed by atoms with van der Waals surface area (Å²) >= 11 is 0. The van der Waals surface area contributed by atoms with Crippen LogP contribution in [-0.4, -0.2) is 16.3 Å². The molecule has 20 heavy (non-hydrogen) atoms. The summed E-state index contributed by atoms with van der Waals surface area (Å²) < 4.78 is 2.02. The summed E-state index contributed by atoms with van der Waals surface area (Å²) in [6.45, 7) is 9.53. The van der Waals surface area contributed by atoms with Gasteiger partial charge in [-0.3, -0.25) is 4.68 Å². The highest BCUT2D eigenvalue weighted by molar-refractivity contribution is 5.25. The van der Waals surface area contributed by atoms with Crippen LogP contribution in [0, 0.1) is 6.92 Å². The second-order valence-corrected chi connectivity index (χ2v) is 5.61. The van der Waals surface area contributed by atoms with E-state index in [-0.39, 0.29) is 0 Å². The van der Waals surface area contributed by atoms with Crippen LogP contribution < -0.4 is 5.32 Å². The van der Waals surface area contributed by atoms with E-state index in [0.717, 1.165) is 18.7 Å². The Morgan fingerprint density at radius 2 is 1.85 bits per heavy atom. The van der Waals surface area contributed by atoms with E-state index in [1.165, 1.54) is 11.1 Å². The lowest BCUT2D eigenvalue weighted by atomic mass is 10.0. The van der Waals surface area contributed by atoms with Crippen molar-refractivity contribution in [3.05, 3.63) is 53.3 Å². The third kappa shape index (κ3) is 3.70. The van der Waals surface area contributed by atoms with Crippen LogP contribution in [0.15, 0.2) is 36.5 Å². The number of hydrogen-bond acceptors (Lipinski definition) is 2. The van der Waals surface area contributed by atoms with Gasteiger partial charge in [-0.25, -0.2) is 0 Å². The van der Waals surface area contributed by atoms with Crippen LogP contribution >= 0.6 is 0 Å². The van der Waals surface area contributed by atoms with E-state index < -0.39 is 0 Å². The minimum Gasteiger partial charge on any atom is -0.310 e. The van der Waals surface area contributed by atoms with Gasteiger partial charge in [0, 0.05) is 24.7 Å². The Morgan fingerprint density at radius 3 is 2.40 bits per heavy atom. The zero-order chi connectivity index (χ0) is 14.5. The highest BCUT2D eigenvalue weighted by Crippen LogP contribution is 2.18. The molecule has 0 amide bonds. The second kappa shape index (κ2) is 6.71. The van der Waals surface area contributed by atoms with Crippen molar-refractivity contribution in [2.45, 2.75) is 46.2 Å². The molecule has 1 atom stereocenters.